The number of hydrogen-bond donors (Lipinski definition) is 1. The molecule has 11 nitrogen and oxygen atoms in total. The number of amides is 1. The number of nitrogens with zero attached hydrogens (tertiary/aromatic N) is 7. The zero-order chi connectivity index (χ0) is 32.4. The minimum Gasteiger partial charge on any atom is -0.497 e. The van der Waals surface area contributed by atoms with Crippen molar-refractivity contribution in [2.75, 3.05) is 33.3 Å². The van der Waals surface area contributed by atoms with Gasteiger partial charge in [0.15, 0.2) is 0 Å². The Labute approximate surface area is 273 Å². The fraction of sp³-hybridized carbons (Fsp3) is 0.361. The van der Waals surface area contributed by atoms with Crippen LogP contribution in [0.4, 0.5) is 0 Å². The molecule has 1 N–H and O–H groups in total. The third-order valence-corrected chi connectivity index (χ3v) is 9.74. The Morgan fingerprint density at radius 2 is 1.79 bits per heavy atom. The van der Waals surface area contributed by atoms with Crippen LogP contribution in [0.25, 0.3) is 16.8 Å². The van der Waals surface area contributed by atoms with Crippen LogP contribution in [0.5, 0.6) is 5.75 Å². The SMILES string of the molecule is COc1ccc(-c2ccc3c(=O)n(CC4(O)CCN(C(=O)[C@@H]5CCN(Cc6cnccn6)C[C@H]5c5ccccc5)CC4)cnn23)cc1. The van der Waals surface area contributed by atoms with E-state index in [1.807, 2.05) is 53.4 Å². The van der Waals surface area contributed by atoms with E-state index in [0.717, 1.165) is 47.8 Å². The van der Waals surface area contributed by atoms with Gasteiger partial charge in [0.2, 0.25) is 5.91 Å². The number of hydrogen-bond acceptors (Lipinski definition) is 8. The molecular weight excluding hydrogens is 594 g/mol. The lowest BCUT2D eigenvalue weighted by atomic mass is 9.79. The first kappa shape index (κ1) is 30.8. The number of aliphatic hydroxyl groups is 1. The number of methoxy groups -OCH3 is 1. The summed E-state index contributed by atoms with van der Waals surface area (Å²) in [6.07, 6.45) is 8.20. The molecule has 0 radical (unpaired) electrons. The minimum absolute atomic E-state index is 0.0520. The van der Waals surface area contributed by atoms with Crippen molar-refractivity contribution in [1.29, 1.82) is 0 Å². The molecule has 2 aliphatic heterocycles. The van der Waals surface area contributed by atoms with Gasteiger partial charge in [0.25, 0.3) is 5.56 Å². The molecule has 7 rings (SSSR count). The zero-order valence-corrected chi connectivity index (χ0v) is 26.5. The maximum Gasteiger partial charge on any atom is 0.277 e. The van der Waals surface area contributed by atoms with Gasteiger partial charge in [-0.15, -0.1) is 0 Å². The number of ether oxygens (including phenoxy) is 1. The molecule has 0 spiro atoms. The monoisotopic (exact) mass is 633 g/mol. The summed E-state index contributed by atoms with van der Waals surface area (Å²) in [6, 6.07) is 21.5. The Morgan fingerprint density at radius 3 is 2.51 bits per heavy atom. The van der Waals surface area contributed by atoms with Crippen LogP contribution in [-0.4, -0.2) is 83.9 Å². The van der Waals surface area contributed by atoms with Gasteiger partial charge in [-0.05, 0) is 67.8 Å². The summed E-state index contributed by atoms with van der Waals surface area (Å²) < 4.78 is 8.38. The lowest BCUT2D eigenvalue weighted by molar-refractivity contribution is -0.142. The van der Waals surface area contributed by atoms with E-state index in [-0.39, 0.29) is 29.8 Å². The van der Waals surface area contributed by atoms with Crippen molar-refractivity contribution in [1.82, 2.24) is 33.9 Å². The molecule has 11 heteroatoms. The smallest absolute Gasteiger partial charge is 0.277 e. The van der Waals surface area contributed by atoms with E-state index < -0.39 is 5.60 Å². The lowest BCUT2D eigenvalue weighted by Gasteiger charge is -2.43. The molecule has 3 aromatic heterocycles. The number of fused-ring (bicyclic) bond motifs is 1. The number of likely N-dealkylation sites (tertiary alicyclic amines) is 2. The Morgan fingerprint density at radius 1 is 1.00 bits per heavy atom. The molecule has 2 aromatic carbocycles. The summed E-state index contributed by atoms with van der Waals surface area (Å²) in [5, 5.41) is 16.2. The number of aromatic nitrogens is 5. The molecule has 0 saturated carbocycles. The normalized spacial score (nSPS) is 19.9. The molecule has 242 valence electrons. The van der Waals surface area contributed by atoms with Crippen LogP contribution >= 0.6 is 0 Å². The van der Waals surface area contributed by atoms with Gasteiger partial charge in [0, 0.05) is 62.2 Å². The fourth-order valence-corrected chi connectivity index (χ4v) is 7.11. The average molecular weight is 634 g/mol. The maximum absolute atomic E-state index is 14.1. The second kappa shape index (κ2) is 13.1. The van der Waals surface area contributed by atoms with E-state index in [1.54, 1.807) is 36.3 Å². The molecule has 2 aliphatic rings. The first-order valence-corrected chi connectivity index (χ1v) is 16.2. The molecule has 0 unspecified atom stereocenters. The second-order valence-electron chi connectivity index (χ2n) is 12.7. The Balaban J connectivity index is 1.02. The summed E-state index contributed by atoms with van der Waals surface area (Å²) >= 11 is 0. The Kier molecular flexibility index (Phi) is 8.57. The summed E-state index contributed by atoms with van der Waals surface area (Å²) in [6.45, 7) is 3.25. The van der Waals surface area contributed by atoms with Gasteiger partial charge in [-0.2, -0.15) is 5.10 Å². The standard InChI is InChI=1S/C36H39N7O4/c1-47-29-9-7-27(8-10-29)32-11-12-33-35(45)42(25-39-43(32)33)24-36(46)14-19-41(20-15-36)34(44)30-13-18-40(22-28-21-37-16-17-38-28)23-31(30)26-5-3-2-4-6-26/h2-12,16-17,21,25,30-31,46H,13-15,18-20,22-24H2,1H3/t30-,31+/m1/s1. The number of carbonyl (C=O) groups is 1. The van der Waals surface area contributed by atoms with Crippen LogP contribution in [0.2, 0.25) is 0 Å². The minimum atomic E-state index is -1.12. The highest BCUT2D eigenvalue weighted by atomic mass is 16.5. The molecule has 2 fully saturated rings. The Hall–Kier alpha value is -4.87. The molecule has 1 amide bonds. The largest absolute Gasteiger partial charge is 0.497 e. The number of piperidine rings is 2. The second-order valence-corrected chi connectivity index (χ2v) is 12.7. The van der Waals surface area contributed by atoms with Crippen LogP contribution in [0.3, 0.4) is 0 Å². The van der Waals surface area contributed by atoms with E-state index in [2.05, 4.69) is 32.1 Å². The fourth-order valence-electron chi connectivity index (χ4n) is 7.11. The molecule has 5 heterocycles. The molecule has 2 atom stereocenters. The topological polar surface area (TPSA) is 118 Å². The highest BCUT2D eigenvalue weighted by molar-refractivity contribution is 5.80. The number of benzene rings is 2. The van der Waals surface area contributed by atoms with E-state index in [4.69, 9.17) is 4.74 Å². The van der Waals surface area contributed by atoms with Gasteiger partial charge >= 0.3 is 0 Å². The van der Waals surface area contributed by atoms with Crippen molar-refractivity contribution < 1.29 is 14.6 Å². The maximum atomic E-state index is 14.1. The van der Waals surface area contributed by atoms with Crippen molar-refractivity contribution >= 4 is 11.4 Å². The predicted octanol–water partition coefficient (Wildman–Crippen LogP) is 3.62. The molecule has 2 saturated heterocycles. The van der Waals surface area contributed by atoms with Gasteiger partial charge in [0.05, 0.1) is 30.6 Å². The average Bonchev–Trinajstić information content (AvgIpc) is 3.55. The summed E-state index contributed by atoms with van der Waals surface area (Å²) in [4.78, 5) is 40.5. The van der Waals surface area contributed by atoms with Crippen molar-refractivity contribution in [2.24, 2.45) is 5.92 Å². The summed E-state index contributed by atoms with van der Waals surface area (Å²) in [5.41, 5.74) is 2.89. The third kappa shape index (κ3) is 6.41. The molecule has 47 heavy (non-hydrogen) atoms. The van der Waals surface area contributed by atoms with E-state index in [0.29, 0.717) is 38.0 Å². The van der Waals surface area contributed by atoms with Gasteiger partial charge in [-0.3, -0.25) is 29.0 Å². The highest BCUT2D eigenvalue weighted by Crippen LogP contribution is 2.36. The summed E-state index contributed by atoms with van der Waals surface area (Å²) in [7, 11) is 1.62. The van der Waals surface area contributed by atoms with Crippen LogP contribution in [-0.2, 0) is 17.9 Å². The summed E-state index contributed by atoms with van der Waals surface area (Å²) in [5.74, 6) is 0.794. The number of carbonyl (C=O) groups excluding carboxylic acids is 1. The first-order chi connectivity index (χ1) is 22.9. The van der Waals surface area contributed by atoms with Crippen LogP contribution in [0.1, 0.15) is 36.4 Å². The van der Waals surface area contributed by atoms with Crippen molar-refractivity contribution in [3.8, 4) is 17.0 Å². The predicted molar refractivity (Wildman–Crippen MR) is 177 cm³/mol. The van der Waals surface area contributed by atoms with Crippen molar-refractivity contribution in [3.63, 3.8) is 0 Å². The van der Waals surface area contributed by atoms with Crippen LogP contribution in [0.15, 0.2) is 96.4 Å². The molecule has 0 bridgehead atoms. The lowest BCUT2D eigenvalue weighted by Crippen LogP contribution is -2.53. The van der Waals surface area contributed by atoms with Gasteiger partial charge < -0.3 is 14.7 Å². The van der Waals surface area contributed by atoms with Gasteiger partial charge in [0.1, 0.15) is 17.6 Å². The first-order valence-electron chi connectivity index (χ1n) is 16.2. The van der Waals surface area contributed by atoms with Gasteiger partial charge in [-0.25, -0.2) is 4.52 Å². The zero-order valence-electron chi connectivity index (χ0n) is 26.5. The van der Waals surface area contributed by atoms with Crippen LogP contribution in [0, 0.1) is 5.92 Å². The van der Waals surface area contributed by atoms with E-state index in [9.17, 15) is 14.7 Å². The quantitative estimate of drug-likeness (QED) is 0.276. The number of rotatable bonds is 8. The van der Waals surface area contributed by atoms with Crippen molar-refractivity contribution in [2.45, 2.75) is 43.9 Å². The van der Waals surface area contributed by atoms with Gasteiger partial charge in [-0.1, -0.05) is 30.3 Å². The van der Waals surface area contributed by atoms with Crippen LogP contribution < -0.4 is 10.3 Å². The molecule has 5 aromatic rings. The van der Waals surface area contributed by atoms with E-state index in [1.165, 1.54) is 10.9 Å². The van der Waals surface area contributed by atoms with Crippen molar-refractivity contribution in [3.05, 3.63) is 113 Å². The van der Waals surface area contributed by atoms with E-state index >= 15 is 0 Å². The Bertz CT molecular complexity index is 1880. The highest BCUT2D eigenvalue weighted by Gasteiger charge is 2.41. The third-order valence-electron chi connectivity index (χ3n) is 9.74. The molecule has 0 aliphatic carbocycles. The molecular formula is C36H39N7O4.